The number of hydrogen-bond acceptors (Lipinski definition) is 9. The van der Waals surface area contributed by atoms with Gasteiger partial charge in [-0.2, -0.15) is 28.2 Å². The Balaban J connectivity index is 1.93. The van der Waals surface area contributed by atoms with E-state index in [4.69, 9.17) is 18.9 Å². The number of rotatable bonds is 12. The SMILES string of the molecule is COCC(COC)Nc1cc(F)c(Oc2ncc(CCn3nccn3)cc2C(F)(F)F)cc1C(=O)OC. The molecule has 0 unspecified atom stereocenters. The van der Waals surface area contributed by atoms with Crippen LogP contribution in [0, 0.1) is 5.82 Å². The van der Waals surface area contributed by atoms with Crippen molar-refractivity contribution in [2.75, 3.05) is 39.9 Å². The summed E-state index contributed by atoms with van der Waals surface area (Å²) in [5.74, 6) is -3.42. The van der Waals surface area contributed by atoms with Crippen LogP contribution in [0.15, 0.2) is 36.8 Å². The zero-order valence-corrected chi connectivity index (χ0v) is 20.2. The maximum atomic E-state index is 15.0. The van der Waals surface area contributed by atoms with Crippen molar-refractivity contribution >= 4 is 11.7 Å². The molecule has 2 aromatic heterocycles. The van der Waals surface area contributed by atoms with Gasteiger partial charge in [-0.15, -0.1) is 0 Å². The average molecular weight is 527 g/mol. The maximum absolute atomic E-state index is 15.0. The summed E-state index contributed by atoms with van der Waals surface area (Å²) in [6.45, 7) is 0.552. The van der Waals surface area contributed by atoms with Crippen LogP contribution >= 0.6 is 0 Å². The monoisotopic (exact) mass is 527 g/mol. The Hall–Kier alpha value is -3.78. The third-order valence-corrected chi connectivity index (χ3v) is 5.06. The lowest BCUT2D eigenvalue weighted by Crippen LogP contribution is -2.30. The molecule has 0 aliphatic rings. The Bertz CT molecular complexity index is 1190. The summed E-state index contributed by atoms with van der Waals surface area (Å²) in [7, 11) is 4.01. The number of nitrogens with zero attached hydrogens (tertiary/aromatic N) is 4. The molecular formula is C23H25F4N5O5. The summed E-state index contributed by atoms with van der Waals surface area (Å²) in [6, 6.07) is 2.26. The highest BCUT2D eigenvalue weighted by molar-refractivity contribution is 5.96. The molecule has 0 spiro atoms. The summed E-state index contributed by atoms with van der Waals surface area (Å²) in [5.41, 5.74) is -1.12. The normalized spacial score (nSPS) is 11.6. The van der Waals surface area contributed by atoms with Gasteiger partial charge >= 0.3 is 12.1 Å². The van der Waals surface area contributed by atoms with Crippen molar-refractivity contribution in [3.63, 3.8) is 0 Å². The molecule has 0 saturated heterocycles. The Kier molecular flexibility index (Phi) is 9.36. The molecule has 0 bridgehead atoms. The molecule has 1 N–H and O–H groups in total. The van der Waals surface area contributed by atoms with Crippen LogP contribution in [0.2, 0.25) is 0 Å². The molecule has 0 aliphatic carbocycles. The van der Waals surface area contributed by atoms with Crippen molar-refractivity contribution in [1.29, 1.82) is 0 Å². The van der Waals surface area contributed by atoms with Gasteiger partial charge < -0.3 is 24.3 Å². The highest BCUT2D eigenvalue weighted by atomic mass is 19.4. The van der Waals surface area contributed by atoms with E-state index in [-0.39, 0.29) is 43.0 Å². The Morgan fingerprint density at radius 1 is 1.08 bits per heavy atom. The molecule has 0 saturated carbocycles. The summed E-state index contributed by atoms with van der Waals surface area (Å²) in [4.78, 5) is 17.5. The highest BCUT2D eigenvalue weighted by Crippen LogP contribution is 2.39. The number of halogens is 4. The van der Waals surface area contributed by atoms with Crippen LogP contribution in [-0.4, -0.2) is 66.5 Å². The van der Waals surface area contributed by atoms with Gasteiger partial charge in [0.05, 0.1) is 56.6 Å². The first kappa shape index (κ1) is 27.8. The minimum absolute atomic E-state index is 0.0161. The van der Waals surface area contributed by atoms with Gasteiger partial charge in [0.1, 0.15) is 5.56 Å². The lowest BCUT2D eigenvalue weighted by Gasteiger charge is -2.21. The second-order valence-electron chi connectivity index (χ2n) is 7.74. The number of nitrogens with one attached hydrogen (secondary N) is 1. The van der Waals surface area contributed by atoms with Crippen molar-refractivity contribution in [2.45, 2.75) is 25.2 Å². The second-order valence-corrected chi connectivity index (χ2v) is 7.74. The number of esters is 1. The molecule has 200 valence electrons. The quantitative estimate of drug-likeness (QED) is 0.278. The highest BCUT2D eigenvalue weighted by Gasteiger charge is 2.36. The minimum atomic E-state index is -4.85. The molecule has 37 heavy (non-hydrogen) atoms. The van der Waals surface area contributed by atoms with E-state index in [1.54, 1.807) is 0 Å². The molecule has 2 heterocycles. The standard InChI is InChI=1S/C23H25F4N5O5/c1-34-12-15(13-35-2)31-19-10-18(24)20(9-16(19)22(33)36-3)37-21-17(23(25,26)27)8-14(11-28-21)4-7-32-29-5-6-30-32/h5-6,8-11,15,31H,4,7,12-13H2,1-3H3. The number of aromatic nitrogens is 4. The van der Waals surface area contributed by atoms with Crippen LogP contribution in [0.3, 0.4) is 0 Å². The van der Waals surface area contributed by atoms with Crippen LogP contribution in [0.25, 0.3) is 0 Å². The number of anilines is 1. The number of carbonyl (C=O) groups is 1. The molecule has 0 atom stereocenters. The van der Waals surface area contributed by atoms with Gasteiger partial charge in [0.25, 0.3) is 0 Å². The van der Waals surface area contributed by atoms with E-state index >= 15 is 0 Å². The molecule has 0 aliphatic heterocycles. The summed E-state index contributed by atoms with van der Waals surface area (Å²) >= 11 is 0. The molecule has 0 radical (unpaired) electrons. The molecule has 3 aromatic rings. The first-order valence-electron chi connectivity index (χ1n) is 10.9. The Morgan fingerprint density at radius 3 is 2.35 bits per heavy atom. The van der Waals surface area contributed by atoms with Crippen molar-refractivity contribution in [3.8, 4) is 11.6 Å². The van der Waals surface area contributed by atoms with Crippen LogP contribution in [0.4, 0.5) is 23.2 Å². The number of ether oxygens (including phenoxy) is 4. The van der Waals surface area contributed by atoms with E-state index in [9.17, 15) is 22.4 Å². The molecule has 14 heteroatoms. The Morgan fingerprint density at radius 2 is 1.76 bits per heavy atom. The first-order chi connectivity index (χ1) is 17.7. The predicted octanol–water partition coefficient (Wildman–Crippen LogP) is 3.73. The van der Waals surface area contributed by atoms with E-state index in [0.29, 0.717) is 0 Å². The number of aryl methyl sites for hydroxylation is 2. The van der Waals surface area contributed by atoms with E-state index in [0.717, 1.165) is 25.3 Å². The zero-order valence-electron chi connectivity index (χ0n) is 20.2. The largest absolute Gasteiger partial charge is 0.465 e. The van der Waals surface area contributed by atoms with Crippen LogP contribution in [0.5, 0.6) is 11.6 Å². The molecular weight excluding hydrogens is 502 g/mol. The van der Waals surface area contributed by atoms with Gasteiger partial charge in [0.15, 0.2) is 11.6 Å². The topological polar surface area (TPSA) is 110 Å². The lowest BCUT2D eigenvalue weighted by molar-refractivity contribution is -0.139. The number of alkyl halides is 3. The van der Waals surface area contributed by atoms with Gasteiger partial charge in [-0.05, 0) is 18.1 Å². The first-order valence-corrected chi connectivity index (χ1v) is 10.9. The fourth-order valence-corrected chi connectivity index (χ4v) is 3.39. The zero-order chi connectivity index (χ0) is 27.0. The third-order valence-electron chi connectivity index (χ3n) is 5.06. The van der Waals surface area contributed by atoms with E-state index < -0.39 is 41.2 Å². The van der Waals surface area contributed by atoms with Gasteiger partial charge in [0, 0.05) is 32.5 Å². The van der Waals surface area contributed by atoms with Crippen LogP contribution in [-0.2, 0) is 33.4 Å². The van der Waals surface area contributed by atoms with Gasteiger partial charge in [-0.1, -0.05) is 0 Å². The van der Waals surface area contributed by atoms with Crippen molar-refractivity contribution in [2.24, 2.45) is 0 Å². The van der Waals surface area contributed by atoms with Crippen molar-refractivity contribution in [3.05, 3.63) is 59.3 Å². The number of carbonyl (C=O) groups excluding carboxylic acids is 1. The lowest BCUT2D eigenvalue weighted by atomic mass is 10.1. The van der Waals surface area contributed by atoms with Gasteiger partial charge in [-0.3, -0.25) is 0 Å². The molecule has 1 aromatic carbocycles. The summed E-state index contributed by atoms with van der Waals surface area (Å²) in [6.07, 6.45) is -0.605. The molecule has 10 nitrogen and oxygen atoms in total. The molecule has 0 amide bonds. The van der Waals surface area contributed by atoms with Crippen LogP contribution < -0.4 is 10.1 Å². The molecule has 3 rings (SSSR count). The maximum Gasteiger partial charge on any atom is 0.421 e. The second kappa shape index (κ2) is 12.5. The number of hydrogen-bond donors (Lipinski definition) is 1. The molecule has 0 fully saturated rings. The smallest absolute Gasteiger partial charge is 0.421 e. The number of pyridine rings is 1. The van der Waals surface area contributed by atoms with Gasteiger partial charge in [0.2, 0.25) is 5.88 Å². The predicted molar refractivity (Wildman–Crippen MR) is 122 cm³/mol. The van der Waals surface area contributed by atoms with Gasteiger partial charge in [-0.25, -0.2) is 14.2 Å². The van der Waals surface area contributed by atoms with Crippen LogP contribution in [0.1, 0.15) is 21.5 Å². The average Bonchev–Trinajstić information content (AvgIpc) is 3.38. The summed E-state index contributed by atoms with van der Waals surface area (Å²) in [5, 5.41) is 10.7. The number of benzene rings is 1. The third kappa shape index (κ3) is 7.36. The van der Waals surface area contributed by atoms with Crippen molar-refractivity contribution < 1.29 is 41.3 Å². The minimum Gasteiger partial charge on any atom is -0.465 e. The van der Waals surface area contributed by atoms with E-state index in [2.05, 4.69) is 20.5 Å². The Labute approximate surface area is 209 Å². The summed E-state index contributed by atoms with van der Waals surface area (Å²) < 4.78 is 76.6. The van der Waals surface area contributed by atoms with E-state index in [1.165, 1.54) is 37.6 Å². The fraction of sp³-hybridized carbons (Fsp3) is 0.391. The fourth-order valence-electron chi connectivity index (χ4n) is 3.39. The van der Waals surface area contributed by atoms with E-state index in [1.807, 2.05) is 0 Å². The number of methoxy groups -OCH3 is 3. The van der Waals surface area contributed by atoms with Crippen molar-refractivity contribution in [1.82, 2.24) is 20.0 Å².